The van der Waals surface area contributed by atoms with Crippen molar-refractivity contribution in [1.29, 1.82) is 0 Å². The molecule has 6 N–H and O–H groups in total. The maximum atomic E-state index is 11.9. The molecule has 0 spiro atoms. The highest BCUT2D eigenvalue weighted by atomic mass is 16.4. The van der Waals surface area contributed by atoms with Crippen LogP contribution in [0.5, 0.6) is 0 Å². The van der Waals surface area contributed by atoms with Crippen LogP contribution in [0, 0.1) is 6.92 Å². The van der Waals surface area contributed by atoms with Gasteiger partial charge in [0.05, 0.1) is 22.5 Å². The van der Waals surface area contributed by atoms with Crippen LogP contribution >= 0.6 is 0 Å². The van der Waals surface area contributed by atoms with E-state index in [4.69, 9.17) is 15.7 Å². The Hall–Kier alpha value is -3.73. The Balaban J connectivity index is 1.57. The molecule has 1 aliphatic heterocycles. The Morgan fingerprint density at radius 1 is 1.24 bits per heavy atom. The molecule has 0 atom stereocenters. The van der Waals surface area contributed by atoms with Crippen molar-refractivity contribution in [2.24, 2.45) is 5.73 Å². The summed E-state index contributed by atoms with van der Waals surface area (Å²) in [7, 11) is -1.52. The number of carbonyl (C=O) groups excluding carboxylic acids is 1. The van der Waals surface area contributed by atoms with Crippen molar-refractivity contribution in [3.8, 4) is 11.5 Å². The third-order valence-corrected chi connectivity index (χ3v) is 6.12. The third-order valence-electron chi connectivity index (χ3n) is 6.12. The second-order valence-electron chi connectivity index (χ2n) is 8.44. The molecule has 172 valence electrons. The lowest BCUT2D eigenvalue weighted by Gasteiger charge is -2.21. The van der Waals surface area contributed by atoms with Crippen LogP contribution in [0.1, 0.15) is 32.7 Å². The molecule has 1 aromatic carbocycles. The number of anilines is 1. The van der Waals surface area contributed by atoms with Crippen LogP contribution in [0.3, 0.4) is 0 Å². The van der Waals surface area contributed by atoms with Crippen LogP contribution in [0.15, 0.2) is 48.7 Å². The van der Waals surface area contributed by atoms with Crippen LogP contribution in [0.2, 0.25) is 0 Å². The van der Waals surface area contributed by atoms with Crippen molar-refractivity contribution in [3.63, 3.8) is 0 Å². The van der Waals surface area contributed by atoms with Gasteiger partial charge < -0.3 is 30.8 Å². The van der Waals surface area contributed by atoms with Gasteiger partial charge in [0, 0.05) is 37.8 Å². The fraction of sp³-hybridized carbons (Fsp3) is 0.208. The van der Waals surface area contributed by atoms with Gasteiger partial charge in [-0.1, -0.05) is 24.3 Å². The summed E-state index contributed by atoms with van der Waals surface area (Å²) in [4.78, 5) is 21.7. The third kappa shape index (κ3) is 4.03. The van der Waals surface area contributed by atoms with Crippen molar-refractivity contribution in [3.05, 3.63) is 76.6 Å². The zero-order valence-electron chi connectivity index (χ0n) is 18.7. The molecular weight excluding hydrogens is 431 g/mol. The van der Waals surface area contributed by atoms with Crippen LogP contribution in [-0.4, -0.2) is 44.0 Å². The van der Waals surface area contributed by atoms with E-state index in [0.29, 0.717) is 29.9 Å². The van der Waals surface area contributed by atoms with Crippen molar-refractivity contribution in [2.75, 3.05) is 11.9 Å². The van der Waals surface area contributed by atoms with E-state index in [9.17, 15) is 14.8 Å². The molecule has 3 aromatic heterocycles. The molecule has 10 heteroatoms. The van der Waals surface area contributed by atoms with Crippen molar-refractivity contribution in [2.45, 2.75) is 26.4 Å². The number of nitrogens with zero attached hydrogens (tertiary/aromatic N) is 3. The molecule has 0 radical (unpaired) electrons. The number of nitrogens with two attached hydrogens (primary N) is 1. The molecule has 9 nitrogen and oxygen atoms in total. The topological polar surface area (TPSA) is 138 Å². The molecule has 0 unspecified atom stereocenters. The first kappa shape index (κ1) is 22.1. The number of primary amides is 1. The molecule has 0 saturated heterocycles. The summed E-state index contributed by atoms with van der Waals surface area (Å²) in [6, 6.07) is 12.6. The standard InChI is InChI=1S/C24H25BN6O3/c1-14-10-20-17(22(26)32)6-3-9-31(20)21(14)24-29-19-7-8-27-13-18(19)23(30-24)28-12-15-4-2-5-16(11-15)25(33)34/h2-6,9-11,27,33-34H,7-8,12-13H2,1H3,(H2,26,32)(H,28,29,30). The first-order valence-corrected chi connectivity index (χ1v) is 11.1. The van der Waals surface area contributed by atoms with E-state index >= 15 is 0 Å². The second-order valence-corrected chi connectivity index (χ2v) is 8.44. The zero-order chi connectivity index (χ0) is 23.8. The van der Waals surface area contributed by atoms with E-state index in [-0.39, 0.29) is 0 Å². The molecule has 0 fully saturated rings. The molecule has 4 aromatic rings. The molecule has 1 aliphatic rings. The summed E-state index contributed by atoms with van der Waals surface area (Å²) in [5.74, 6) is 0.814. The van der Waals surface area contributed by atoms with Gasteiger partial charge in [-0.3, -0.25) is 4.79 Å². The molecule has 5 rings (SSSR count). The maximum Gasteiger partial charge on any atom is 0.488 e. The normalized spacial score (nSPS) is 13.0. The lowest BCUT2D eigenvalue weighted by molar-refractivity contribution is 0.100. The second kappa shape index (κ2) is 8.90. The number of carbonyl (C=O) groups is 1. The Morgan fingerprint density at radius 2 is 2.09 bits per heavy atom. The van der Waals surface area contributed by atoms with Gasteiger partial charge in [-0.25, -0.2) is 9.97 Å². The summed E-state index contributed by atoms with van der Waals surface area (Å²) in [5, 5.41) is 25.7. The molecule has 1 amide bonds. The van der Waals surface area contributed by atoms with E-state index in [0.717, 1.165) is 52.4 Å². The van der Waals surface area contributed by atoms with Gasteiger partial charge in [-0.05, 0) is 41.7 Å². The highest BCUT2D eigenvalue weighted by Crippen LogP contribution is 2.30. The molecule has 0 bridgehead atoms. The number of hydrogen-bond acceptors (Lipinski definition) is 7. The van der Waals surface area contributed by atoms with E-state index in [1.165, 1.54) is 0 Å². The Kier molecular flexibility index (Phi) is 5.78. The van der Waals surface area contributed by atoms with Gasteiger partial charge in [0.15, 0.2) is 5.82 Å². The van der Waals surface area contributed by atoms with Crippen molar-refractivity contribution in [1.82, 2.24) is 19.7 Å². The predicted octanol–water partition coefficient (Wildman–Crippen LogP) is 0.741. The predicted molar refractivity (Wildman–Crippen MR) is 131 cm³/mol. The number of benzene rings is 1. The first-order chi connectivity index (χ1) is 16.4. The Labute approximate surface area is 196 Å². The minimum Gasteiger partial charge on any atom is -0.423 e. The van der Waals surface area contributed by atoms with E-state index in [2.05, 4.69) is 10.6 Å². The van der Waals surface area contributed by atoms with Gasteiger partial charge in [0.1, 0.15) is 5.82 Å². The van der Waals surface area contributed by atoms with E-state index in [1.54, 1.807) is 30.3 Å². The molecule has 4 heterocycles. The van der Waals surface area contributed by atoms with Gasteiger partial charge in [-0.15, -0.1) is 0 Å². The Bertz CT molecular complexity index is 1400. The molecule has 34 heavy (non-hydrogen) atoms. The highest BCUT2D eigenvalue weighted by molar-refractivity contribution is 6.58. The zero-order valence-corrected chi connectivity index (χ0v) is 18.7. The van der Waals surface area contributed by atoms with Crippen LogP contribution in [-0.2, 0) is 19.5 Å². The number of aryl methyl sites for hydroxylation is 1. The maximum absolute atomic E-state index is 11.9. The minimum atomic E-state index is -1.52. The summed E-state index contributed by atoms with van der Waals surface area (Å²) >= 11 is 0. The first-order valence-electron chi connectivity index (χ1n) is 11.1. The van der Waals surface area contributed by atoms with E-state index < -0.39 is 13.0 Å². The minimum absolute atomic E-state index is 0.437. The van der Waals surface area contributed by atoms with Crippen LogP contribution in [0.25, 0.3) is 17.0 Å². The quantitative estimate of drug-likeness (QED) is 0.270. The largest absolute Gasteiger partial charge is 0.488 e. The lowest BCUT2D eigenvalue weighted by atomic mass is 9.79. The van der Waals surface area contributed by atoms with Gasteiger partial charge >= 0.3 is 7.12 Å². The number of rotatable bonds is 6. The lowest BCUT2D eigenvalue weighted by Crippen LogP contribution is -2.30. The van der Waals surface area contributed by atoms with Crippen LogP contribution < -0.4 is 21.8 Å². The molecular formula is C24H25BN6O3. The average Bonchev–Trinajstić information content (AvgIpc) is 3.18. The Morgan fingerprint density at radius 3 is 2.88 bits per heavy atom. The van der Waals surface area contributed by atoms with E-state index in [1.807, 2.05) is 29.7 Å². The van der Waals surface area contributed by atoms with Gasteiger partial charge in [0.25, 0.3) is 5.91 Å². The summed E-state index contributed by atoms with van der Waals surface area (Å²) in [6.07, 6.45) is 2.66. The molecule has 0 saturated carbocycles. The fourth-order valence-corrected chi connectivity index (χ4v) is 4.46. The number of pyridine rings is 1. The average molecular weight is 456 g/mol. The van der Waals surface area contributed by atoms with Gasteiger partial charge in [0.2, 0.25) is 0 Å². The SMILES string of the molecule is Cc1cc2c(C(N)=O)cccn2c1-c1nc2c(c(NCc3cccc(B(O)O)c3)n1)CNCC2. The number of fused-ring (bicyclic) bond motifs is 2. The monoisotopic (exact) mass is 456 g/mol. The number of aromatic nitrogens is 3. The fourth-order valence-electron chi connectivity index (χ4n) is 4.46. The summed E-state index contributed by atoms with van der Waals surface area (Å²) in [5.41, 5.74) is 11.8. The number of nitrogens with one attached hydrogen (secondary N) is 2. The smallest absolute Gasteiger partial charge is 0.423 e. The molecule has 0 aliphatic carbocycles. The number of hydrogen-bond donors (Lipinski definition) is 5. The van der Waals surface area contributed by atoms with Crippen molar-refractivity contribution >= 4 is 29.8 Å². The van der Waals surface area contributed by atoms with Crippen molar-refractivity contribution < 1.29 is 14.8 Å². The highest BCUT2D eigenvalue weighted by Gasteiger charge is 2.22. The van der Waals surface area contributed by atoms with Crippen LogP contribution in [0.4, 0.5) is 5.82 Å². The van der Waals surface area contributed by atoms with Gasteiger partial charge in [-0.2, -0.15) is 0 Å². The summed E-state index contributed by atoms with van der Waals surface area (Å²) in [6.45, 7) is 3.92. The number of amides is 1. The summed E-state index contributed by atoms with van der Waals surface area (Å²) < 4.78 is 1.91.